The number of aliphatic imine (C=N–C) groups is 1. The molecule has 0 aliphatic carbocycles. The van der Waals surface area contributed by atoms with Gasteiger partial charge in [0.25, 0.3) is 0 Å². The molecule has 0 atom stereocenters. The summed E-state index contributed by atoms with van der Waals surface area (Å²) in [6, 6.07) is 38.0. The number of fused-ring (bicyclic) bond motifs is 1. The van der Waals surface area contributed by atoms with Gasteiger partial charge in [-0.15, -0.1) is 0 Å². The Morgan fingerprint density at radius 3 is 2.09 bits per heavy atom. The van der Waals surface area contributed by atoms with Crippen LogP contribution >= 0.6 is 0 Å². The number of rotatable bonds is 7. The lowest BCUT2D eigenvalue weighted by Crippen LogP contribution is -2.14. The molecule has 43 heavy (non-hydrogen) atoms. The summed E-state index contributed by atoms with van der Waals surface area (Å²) in [5, 5.41) is 21.4. The Morgan fingerprint density at radius 2 is 1.40 bits per heavy atom. The van der Waals surface area contributed by atoms with Crippen molar-refractivity contribution in [3.63, 3.8) is 0 Å². The second-order valence-corrected chi connectivity index (χ2v) is 9.53. The van der Waals surface area contributed by atoms with Crippen molar-refractivity contribution in [2.24, 2.45) is 4.99 Å². The monoisotopic (exact) mass is 562 g/mol. The van der Waals surface area contributed by atoms with E-state index in [9.17, 15) is 20.0 Å². The van der Waals surface area contributed by atoms with E-state index < -0.39 is 11.9 Å². The minimum atomic E-state index is -1.24. The highest BCUT2D eigenvalue weighted by Crippen LogP contribution is 2.42. The molecule has 0 bridgehead atoms. The largest absolute Gasteiger partial charge is 0.478 e. The molecule has 1 aromatic heterocycles. The fraction of sp³-hybridized carbons (Fsp3) is 0. The number of nitrogens with zero attached hydrogens (tertiary/aromatic N) is 2. The van der Waals surface area contributed by atoms with E-state index >= 15 is 0 Å². The maximum atomic E-state index is 13.2. The van der Waals surface area contributed by atoms with Crippen molar-refractivity contribution >= 4 is 34.8 Å². The lowest BCUT2D eigenvalue weighted by molar-refractivity contribution is 0.0668. The molecule has 1 heterocycles. The predicted octanol–water partition coefficient (Wildman–Crippen LogP) is 8.31. The van der Waals surface area contributed by atoms with Crippen LogP contribution in [0.25, 0.3) is 33.2 Å². The molecule has 7 nitrogen and oxygen atoms in total. The molecule has 7 heteroatoms. The first-order chi connectivity index (χ1) is 21.0. The topological polar surface area (TPSA) is 113 Å². The number of aromatic carboxylic acids is 1. The normalized spacial score (nSPS) is 11.0. The molecule has 0 aliphatic heterocycles. The first-order valence-electron chi connectivity index (χ1n) is 13.3. The van der Waals surface area contributed by atoms with Crippen LogP contribution in [0.2, 0.25) is 0 Å². The number of carboxylic acids is 1. The number of carbonyl (C=O) groups excluding carboxylic acids is 1. The van der Waals surface area contributed by atoms with Gasteiger partial charge < -0.3 is 14.3 Å². The van der Waals surface area contributed by atoms with Crippen LogP contribution in [0.3, 0.4) is 0 Å². The molecule has 0 radical (unpaired) electrons. The highest BCUT2D eigenvalue weighted by Gasteiger charge is 2.23. The van der Waals surface area contributed by atoms with Crippen LogP contribution in [0.15, 0.2) is 131 Å². The summed E-state index contributed by atoms with van der Waals surface area (Å²) in [5.74, 6) is -1.29. The number of carbonyl (C=O) groups is 2. The number of hydrogen-bond acceptors (Lipinski definition) is 6. The Hall–Kier alpha value is -6.26. The molecule has 0 spiro atoms. The van der Waals surface area contributed by atoms with Gasteiger partial charge in [-0.05, 0) is 34.5 Å². The van der Waals surface area contributed by atoms with Crippen molar-refractivity contribution in [3.8, 4) is 34.3 Å². The number of furan rings is 1. The Kier molecular flexibility index (Phi) is 7.32. The van der Waals surface area contributed by atoms with E-state index in [1.54, 1.807) is 18.2 Å². The number of hydrogen-bond donors (Lipinski definition) is 1. The van der Waals surface area contributed by atoms with E-state index in [0.717, 1.165) is 21.9 Å². The first-order valence-corrected chi connectivity index (χ1v) is 13.3. The van der Waals surface area contributed by atoms with Crippen molar-refractivity contribution < 1.29 is 23.8 Å². The summed E-state index contributed by atoms with van der Waals surface area (Å²) in [6.45, 7) is 0. The summed E-state index contributed by atoms with van der Waals surface area (Å²) in [6.07, 6.45) is 1.50. The Balaban J connectivity index is 1.48. The van der Waals surface area contributed by atoms with Crippen molar-refractivity contribution in [2.45, 2.75) is 0 Å². The summed E-state index contributed by atoms with van der Waals surface area (Å²) in [5.41, 5.74) is 2.69. The van der Waals surface area contributed by atoms with Gasteiger partial charge >= 0.3 is 11.9 Å². The van der Waals surface area contributed by atoms with Crippen molar-refractivity contribution in [2.75, 3.05) is 0 Å². The van der Waals surface area contributed by atoms with Gasteiger partial charge in [-0.2, -0.15) is 5.26 Å². The van der Waals surface area contributed by atoms with Crippen molar-refractivity contribution in [1.29, 1.82) is 5.26 Å². The van der Waals surface area contributed by atoms with E-state index in [0.29, 0.717) is 16.9 Å². The summed E-state index contributed by atoms with van der Waals surface area (Å²) in [4.78, 5) is 29.5. The van der Waals surface area contributed by atoms with Crippen LogP contribution in [0.5, 0.6) is 5.75 Å². The van der Waals surface area contributed by atoms with Gasteiger partial charge in [0, 0.05) is 22.9 Å². The van der Waals surface area contributed by atoms with E-state index in [4.69, 9.17) is 9.15 Å². The van der Waals surface area contributed by atoms with Gasteiger partial charge in [-0.1, -0.05) is 103 Å². The average molecular weight is 563 g/mol. The third-order valence-electron chi connectivity index (χ3n) is 6.92. The molecule has 0 saturated heterocycles. The van der Waals surface area contributed by atoms with Crippen LogP contribution in [-0.2, 0) is 0 Å². The predicted molar refractivity (Wildman–Crippen MR) is 164 cm³/mol. The van der Waals surface area contributed by atoms with Crippen molar-refractivity contribution in [1.82, 2.24) is 0 Å². The average Bonchev–Trinajstić information content (AvgIpc) is 3.43. The molecule has 206 valence electrons. The van der Waals surface area contributed by atoms with E-state index in [1.165, 1.54) is 24.4 Å². The molecule has 0 saturated carbocycles. The molecule has 5 aromatic carbocycles. The standard InChI is InChI=1S/C36H22N2O5/c37-21-29-32(24-12-3-1-4-13-24)33(25-14-5-2-6-15-25)43-34(29)38-22-30-26-16-8-7-11-23(26)19-20-31(30)42-36(41)28-18-10-9-17-27(28)35(39)40/h1-20,22H,(H,39,40)/b38-22+. The zero-order chi connectivity index (χ0) is 29.8. The third kappa shape index (κ3) is 5.29. The van der Waals surface area contributed by atoms with E-state index in [-0.39, 0.29) is 28.3 Å². The second-order valence-electron chi connectivity index (χ2n) is 9.53. The zero-order valence-electron chi connectivity index (χ0n) is 22.6. The fourth-order valence-electron chi connectivity index (χ4n) is 4.91. The highest BCUT2D eigenvalue weighted by atomic mass is 16.5. The van der Waals surface area contributed by atoms with Gasteiger partial charge in [-0.3, -0.25) is 0 Å². The quantitative estimate of drug-likeness (QED) is 0.119. The summed E-state index contributed by atoms with van der Waals surface area (Å²) >= 11 is 0. The van der Waals surface area contributed by atoms with Crippen molar-refractivity contribution in [3.05, 3.63) is 144 Å². The molecular formula is C36H22N2O5. The summed E-state index contributed by atoms with van der Waals surface area (Å²) in [7, 11) is 0. The SMILES string of the molecule is N#Cc1c(/N=C/c2c(OC(=O)c3ccccc3C(=O)O)ccc3ccccc23)oc(-c2ccccc2)c1-c1ccccc1. The van der Waals surface area contributed by atoms with Gasteiger partial charge in [0.1, 0.15) is 23.1 Å². The minimum Gasteiger partial charge on any atom is -0.478 e. The number of benzene rings is 5. The number of ether oxygens (including phenoxy) is 1. The highest BCUT2D eigenvalue weighted by molar-refractivity contribution is 6.06. The van der Waals surface area contributed by atoms with Crippen LogP contribution in [0.1, 0.15) is 31.8 Å². The molecule has 0 amide bonds. The molecule has 0 unspecified atom stereocenters. The third-order valence-corrected chi connectivity index (χ3v) is 6.92. The molecule has 0 fully saturated rings. The van der Waals surface area contributed by atoms with Gasteiger partial charge in [0.2, 0.25) is 5.88 Å². The van der Waals surface area contributed by atoms with Crippen LogP contribution in [0.4, 0.5) is 5.88 Å². The first kappa shape index (κ1) is 26.9. The van der Waals surface area contributed by atoms with Gasteiger partial charge in [0.15, 0.2) is 0 Å². The van der Waals surface area contributed by atoms with Gasteiger partial charge in [0.05, 0.1) is 11.1 Å². The van der Waals surface area contributed by atoms with Crippen LogP contribution in [-0.4, -0.2) is 23.3 Å². The molecular weight excluding hydrogens is 540 g/mol. The Morgan fingerprint density at radius 1 is 0.767 bits per heavy atom. The number of carboxylic acid groups (broad SMARTS) is 1. The maximum Gasteiger partial charge on any atom is 0.344 e. The molecule has 0 aliphatic rings. The van der Waals surface area contributed by atoms with Crippen LogP contribution < -0.4 is 4.74 Å². The smallest absolute Gasteiger partial charge is 0.344 e. The lowest BCUT2D eigenvalue weighted by atomic mass is 9.98. The number of nitriles is 1. The zero-order valence-corrected chi connectivity index (χ0v) is 22.6. The van der Waals surface area contributed by atoms with Crippen LogP contribution in [0, 0.1) is 11.3 Å². The Bertz CT molecular complexity index is 2060. The summed E-state index contributed by atoms with van der Waals surface area (Å²) < 4.78 is 12.0. The minimum absolute atomic E-state index is 0.0798. The molecule has 1 N–H and O–H groups in total. The molecule has 6 aromatic rings. The molecule has 6 rings (SSSR count). The lowest BCUT2D eigenvalue weighted by Gasteiger charge is -2.11. The van der Waals surface area contributed by atoms with E-state index in [1.807, 2.05) is 84.9 Å². The number of esters is 1. The van der Waals surface area contributed by atoms with Gasteiger partial charge in [-0.25, -0.2) is 14.6 Å². The fourth-order valence-corrected chi connectivity index (χ4v) is 4.91. The Labute approximate surface area is 246 Å². The van der Waals surface area contributed by atoms with E-state index in [2.05, 4.69) is 11.1 Å². The second kappa shape index (κ2) is 11.7. The maximum absolute atomic E-state index is 13.2.